The third-order valence-electron chi connectivity index (χ3n) is 1.83. The van der Waals surface area contributed by atoms with Crippen LogP contribution < -0.4 is 5.73 Å². The average Bonchev–Trinajstić information content (AvgIpc) is 2.04. The fraction of sp³-hybridized carbons (Fsp3) is 0.364. The molecule has 2 N–H and O–H groups in total. The summed E-state index contributed by atoms with van der Waals surface area (Å²) >= 11 is 0. The molecule has 1 unspecified atom stereocenters. The lowest BCUT2D eigenvalue weighted by atomic mass is 10.1. The zero-order chi connectivity index (χ0) is 9.84. The van der Waals surface area contributed by atoms with Crippen molar-refractivity contribution in [1.82, 2.24) is 4.98 Å². The van der Waals surface area contributed by atoms with Crippen molar-refractivity contribution in [2.75, 3.05) is 0 Å². The van der Waals surface area contributed by atoms with Crippen molar-refractivity contribution in [2.45, 2.75) is 26.8 Å². The molecule has 2 nitrogen and oxygen atoms in total. The highest BCUT2D eigenvalue weighted by Crippen LogP contribution is 2.12. The second-order valence-corrected chi connectivity index (χ2v) is 3.50. The molecule has 13 heavy (non-hydrogen) atoms. The highest BCUT2D eigenvalue weighted by molar-refractivity contribution is 5.21. The van der Waals surface area contributed by atoms with Crippen LogP contribution in [0.3, 0.4) is 0 Å². The molecule has 0 aromatic carbocycles. The first-order valence-electron chi connectivity index (χ1n) is 4.43. The number of allylic oxidation sites excluding steroid dienone is 1. The molecule has 0 fully saturated rings. The Morgan fingerprint density at radius 3 is 2.62 bits per heavy atom. The predicted molar refractivity (Wildman–Crippen MR) is 55.3 cm³/mol. The third kappa shape index (κ3) is 2.99. The van der Waals surface area contributed by atoms with Gasteiger partial charge < -0.3 is 5.73 Å². The molecule has 0 bridgehead atoms. The number of nitrogens with two attached hydrogens (primary N) is 1. The van der Waals surface area contributed by atoms with Crippen LogP contribution in [-0.4, -0.2) is 4.98 Å². The number of pyridine rings is 1. The molecule has 70 valence electrons. The molecule has 0 radical (unpaired) electrons. The van der Waals surface area contributed by atoms with Gasteiger partial charge in [0.05, 0.1) is 0 Å². The van der Waals surface area contributed by atoms with Gasteiger partial charge in [-0.25, -0.2) is 0 Å². The largest absolute Gasteiger partial charge is 0.321 e. The lowest BCUT2D eigenvalue weighted by Crippen LogP contribution is -2.07. The Balaban J connectivity index is 2.83. The van der Waals surface area contributed by atoms with Gasteiger partial charge in [-0.15, -0.1) is 0 Å². The minimum absolute atomic E-state index is 0.0295. The monoisotopic (exact) mass is 176 g/mol. The van der Waals surface area contributed by atoms with E-state index < -0.39 is 0 Å². The van der Waals surface area contributed by atoms with Gasteiger partial charge in [0.25, 0.3) is 0 Å². The molecular weight excluding hydrogens is 160 g/mol. The van der Waals surface area contributed by atoms with E-state index in [2.05, 4.69) is 4.98 Å². The first kappa shape index (κ1) is 9.93. The summed E-state index contributed by atoms with van der Waals surface area (Å²) < 4.78 is 0. The maximum Gasteiger partial charge on any atom is 0.0498 e. The molecule has 0 aliphatic heterocycles. The summed E-state index contributed by atoms with van der Waals surface area (Å²) in [4.78, 5) is 4.20. The standard InChI is InChI=1S/C11H16N2/c1-8(2)6-11(12)10-5-4-9(3)13-7-10/h4-7,11H,12H2,1-3H3. The predicted octanol–water partition coefficient (Wildman–Crippen LogP) is 2.36. The average molecular weight is 176 g/mol. The molecule has 0 saturated carbocycles. The topological polar surface area (TPSA) is 38.9 Å². The minimum Gasteiger partial charge on any atom is -0.321 e. The summed E-state index contributed by atoms with van der Waals surface area (Å²) in [5, 5.41) is 0. The molecular formula is C11H16N2. The van der Waals surface area contributed by atoms with Crippen molar-refractivity contribution in [3.8, 4) is 0 Å². The maximum atomic E-state index is 5.93. The van der Waals surface area contributed by atoms with Gasteiger partial charge >= 0.3 is 0 Å². The fourth-order valence-electron chi connectivity index (χ4n) is 1.13. The summed E-state index contributed by atoms with van der Waals surface area (Å²) in [6.45, 7) is 6.05. The minimum atomic E-state index is -0.0295. The van der Waals surface area contributed by atoms with Crippen LogP contribution in [0.15, 0.2) is 30.0 Å². The number of aromatic nitrogens is 1. The van der Waals surface area contributed by atoms with Crippen molar-refractivity contribution in [3.63, 3.8) is 0 Å². The van der Waals surface area contributed by atoms with E-state index in [0.29, 0.717) is 0 Å². The Hall–Kier alpha value is -1.15. The Labute approximate surface area is 79.5 Å². The lowest BCUT2D eigenvalue weighted by Gasteiger charge is -2.07. The van der Waals surface area contributed by atoms with E-state index >= 15 is 0 Å². The zero-order valence-corrected chi connectivity index (χ0v) is 8.41. The van der Waals surface area contributed by atoms with Gasteiger partial charge in [-0.1, -0.05) is 17.7 Å². The smallest absolute Gasteiger partial charge is 0.0498 e. The first-order valence-corrected chi connectivity index (χ1v) is 4.43. The summed E-state index contributed by atoms with van der Waals surface area (Å²) in [6.07, 6.45) is 3.87. The number of hydrogen-bond donors (Lipinski definition) is 1. The summed E-state index contributed by atoms with van der Waals surface area (Å²) in [6, 6.07) is 3.97. The summed E-state index contributed by atoms with van der Waals surface area (Å²) in [5.41, 5.74) is 9.24. The van der Waals surface area contributed by atoms with Gasteiger partial charge in [0.2, 0.25) is 0 Å². The van der Waals surface area contributed by atoms with Crippen molar-refractivity contribution in [3.05, 3.63) is 41.2 Å². The molecule has 0 saturated heterocycles. The molecule has 1 heterocycles. The van der Waals surface area contributed by atoms with E-state index in [0.717, 1.165) is 11.3 Å². The molecule has 1 aromatic rings. The molecule has 1 atom stereocenters. The number of rotatable bonds is 2. The van der Waals surface area contributed by atoms with Crippen LogP contribution in [0.25, 0.3) is 0 Å². The zero-order valence-electron chi connectivity index (χ0n) is 8.41. The van der Waals surface area contributed by atoms with Gasteiger partial charge in [-0.2, -0.15) is 0 Å². The Kier molecular flexibility index (Phi) is 3.20. The number of hydrogen-bond acceptors (Lipinski definition) is 2. The second-order valence-electron chi connectivity index (χ2n) is 3.50. The number of nitrogens with zero attached hydrogens (tertiary/aromatic N) is 1. The van der Waals surface area contributed by atoms with E-state index in [1.165, 1.54) is 5.57 Å². The van der Waals surface area contributed by atoms with Crippen LogP contribution in [0.4, 0.5) is 0 Å². The van der Waals surface area contributed by atoms with E-state index in [-0.39, 0.29) is 6.04 Å². The van der Waals surface area contributed by atoms with E-state index in [9.17, 15) is 0 Å². The molecule has 1 rings (SSSR count). The van der Waals surface area contributed by atoms with Crippen LogP contribution in [0, 0.1) is 6.92 Å². The summed E-state index contributed by atoms with van der Waals surface area (Å²) in [7, 11) is 0. The third-order valence-corrected chi connectivity index (χ3v) is 1.83. The van der Waals surface area contributed by atoms with Gasteiger partial charge in [0.1, 0.15) is 0 Å². The van der Waals surface area contributed by atoms with Crippen LogP contribution >= 0.6 is 0 Å². The highest BCUT2D eigenvalue weighted by atomic mass is 14.7. The molecule has 2 heteroatoms. The van der Waals surface area contributed by atoms with Crippen LogP contribution in [0.5, 0.6) is 0 Å². The summed E-state index contributed by atoms with van der Waals surface area (Å²) in [5.74, 6) is 0. The van der Waals surface area contributed by atoms with E-state index in [1.54, 1.807) is 0 Å². The Bertz CT molecular complexity index is 294. The Morgan fingerprint density at radius 1 is 1.46 bits per heavy atom. The molecule has 0 aliphatic carbocycles. The van der Waals surface area contributed by atoms with Crippen LogP contribution in [0.2, 0.25) is 0 Å². The van der Waals surface area contributed by atoms with E-state index in [4.69, 9.17) is 5.73 Å². The van der Waals surface area contributed by atoms with Crippen molar-refractivity contribution < 1.29 is 0 Å². The van der Waals surface area contributed by atoms with Gasteiger partial charge in [-0.3, -0.25) is 4.98 Å². The SMILES string of the molecule is CC(C)=CC(N)c1ccc(C)nc1. The maximum absolute atomic E-state index is 5.93. The van der Waals surface area contributed by atoms with Gasteiger partial charge in [0.15, 0.2) is 0 Å². The first-order chi connectivity index (χ1) is 6.09. The molecule has 0 amide bonds. The quantitative estimate of drug-likeness (QED) is 0.702. The number of aryl methyl sites for hydroxylation is 1. The van der Waals surface area contributed by atoms with Gasteiger partial charge in [0, 0.05) is 17.9 Å². The van der Waals surface area contributed by atoms with Crippen molar-refractivity contribution in [2.24, 2.45) is 5.73 Å². The van der Waals surface area contributed by atoms with Crippen molar-refractivity contribution in [1.29, 1.82) is 0 Å². The molecule has 0 spiro atoms. The fourth-order valence-corrected chi connectivity index (χ4v) is 1.13. The molecule has 1 aromatic heterocycles. The van der Waals surface area contributed by atoms with E-state index in [1.807, 2.05) is 45.2 Å². The second kappa shape index (κ2) is 4.19. The van der Waals surface area contributed by atoms with Crippen LogP contribution in [0.1, 0.15) is 31.1 Å². The Morgan fingerprint density at radius 2 is 2.15 bits per heavy atom. The van der Waals surface area contributed by atoms with Gasteiger partial charge in [-0.05, 0) is 32.4 Å². The van der Waals surface area contributed by atoms with Crippen LogP contribution in [-0.2, 0) is 0 Å². The molecule has 0 aliphatic rings. The van der Waals surface area contributed by atoms with Crippen molar-refractivity contribution >= 4 is 0 Å². The highest BCUT2D eigenvalue weighted by Gasteiger charge is 2.01. The normalized spacial score (nSPS) is 12.3. The lowest BCUT2D eigenvalue weighted by molar-refractivity contribution is 0.886.